The van der Waals surface area contributed by atoms with Crippen molar-refractivity contribution in [2.75, 3.05) is 26.4 Å². The van der Waals surface area contributed by atoms with Crippen LogP contribution < -0.4 is 10.1 Å². The molecule has 8 heteroatoms. The summed E-state index contributed by atoms with van der Waals surface area (Å²) in [4.78, 5) is 23.0. The maximum absolute atomic E-state index is 12.0. The molecule has 0 spiro atoms. The fourth-order valence-electron chi connectivity index (χ4n) is 2.84. The molecule has 0 bridgehead atoms. The van der Waals surface area contributed by atoms with Crippen LogP contribution in [0.1, 0.15) is 48.5 Å². The number of aliphatic hydroxyl groups excluding tert-OH is 1. The lowest BCUT2D eigenvalue weighted by Gasteiger charge is -2.19. The third-order valence-electron chi connectivity index (χ3n) is 4.20. The largest absolute Gasteiger partial charge is 0.491 e. The van der Waals surface area contributed by atoms with Crippen molar-refractivity contribution in [3.63, 3.8) is 0 Å². The number of hydrogen-bond acceptors (Lipinski definition) is 7. The van der Waals surface area contributed by atoms with Crippen LogP contribution >= 0.6 is 0 Å². The first-order valence-electron chi connectivity index (χ1n) is 10.4. The van der Waals surface area contributed by atoms with E-state index in [4.69, 9.17) is 19.3 Å². The molecule has 0 fully saturated rings. The molecule has 0 aromatic heterocycles. The van der Waals surface area contributed by atoms with E-state index in [1.54, 1.807) is 18.2 Å². The molecule has 1 unspecified atom stereocenters. The summed E-state index contributed by atoms with van der Waals surface area (Å²) in [5.74, 6) is -0.693. The van der Waals surface area contributed by atoms with Gasteiger partial charge in [-0.05, 0) is 56.2 Å². The van der Waals surface area contributed by atoms with E-state index in [1.165, 1.54) is 12.1 Å². The Labute approximate surface area is 188 Å². The van der Waals surface area contributed by atoms with Crippen molar-refractivity contribution in [1.29, 1.82) is 0 Å². The van der Waals surface area contributed by atoms with E-state index in [9.17, 15) is 14.7 Å². The van der Waals surface area contributed by atoms with Crippen molar-refractivity contribution in [3.8, 4) is 5.75 Å². The van der Waals surface area contributed by atoms with Crippen molar-refractivity contribution >= 4 is 11.9 Å². The molecule has 0 saturated carbocycles. The van der Waals surface area contributed by atoms with Crippen molar-refractivity contribution < 1.29 is 34.0 Å². The normalized spacial score (nSPS) is 12.2. The number of carboxylic acid groups (broad SMARTS) is 1. The second-order valence-corrected chi connectivity index (χ2v) is 8.16. The van der Waals surface area contributed by atoms with Crippen LogP contribution in [0.2, 0.25) is 0 Å². The lowest BCUT2D eigenvalue weighted by molar-refractivity contribution is -0.153. The van der Waals surface area contributed by atoms with E-state index in [-0.39, 0.29) is 18.0 Å². The Morgan fingerprint density at radius 1 is 1.03 bits per heavy atom. The Morgan fingerprint density at radius 2 is 1.78 bits per heavy atom. The minimum Gasteiger partial charge on any atom is -0.491 e. The zero-order valence-corrected chi connectivity index (χ0v) is 18.7. The number of carbonyl (C=O) groups is 2. The molecule has 1 atom stereocenters. The number of rotatable bonds is 12. The van der Waals surface area contributed by atoms with Crippen molar-refractivity contribution in [2.45, 2.75) is 39.0 Å². The van der Waals surface area contributed by atoms with Crippen LogP contribution in [-0.4, -0.2) is 54.1 Å². The molecule has 2 aromatic rings. The van der Waals surface area contributed by atoms with Gasteiger partial charge in [0.05, 0.1) is 25.2 Å². The topological polar surface area (TPSA) is 114 Å². The minimum atomic E-state index is -1.04. The van der Waals surface area contributed by atoms with Crippen LogP contribution in [0.15, 0.2) is 48.5 Å². The Hall–Kier alpha value is -2.94. The third kappa shape index (κ3) is 9.47. The Bertz CT molecular complexity index is 892. The van der Waals surface area contributed by atoms with Gasteiger partial charge in [0.25, 0.3) is 0 Å². The van der Waals surface area contributed by atoms with E-state index >= 15 is 0 Å². The van der Waals surface area contributed by atoms with Gasteiger partial charge in [-0.25, -0.2) is 4.79 Å². The van der Waals surface area contributed by atoms with Crippen LogP contribution in [0.5, 0.6) is 5.75 Å². The van der Waals surface area contributed by atoms with Gasteiger partial charge in [0.1, 0.15) is 24.2 Å². The molecular weight excluding hydrogens is 414 g/mol. The molecule has 0 saturated heterocycles. The van der Waals surface area contributed by atoms with E-state index < -0.39 is 17.8 Å². The Morgan fingerprint density at radius 3 is 2.50 bits per heavy atom. The summed E-state index contributed by atoms with van der Waals surface area (Å²) in [5, 5.41) is 22.0. The van der Waals surface area contributed by atoms with Gasteiger partial charge in [0, 0.05) is 6.54 Å². The summed E-state index contributed by atoms with van der Waals surface area (Å²) < 4.78 is 16.5. The highest BCUT2D eigenvalue weighted by molar-refractivity contribution is 5.87. The summed E-state index contributed by atoms with van der Waals surface area (Å²) in [5.41, 5.74) is 0.880. The molecule has 174 valence electrons. The zero-order chi connectivity index (χ0) is 23.6. The highest BCUT2D eigenvalue weighted by Gasteiger charge is 2.16. The molecule has 0 amide bonds. The van der Waals surface area contributed by atoms with Crippen LogP contribution in [0, 0.1) is 0 Å². The number of carbonyl (C=O) groups excluding carboxylic acids is 1. The van der Waals surface area contributed by atoms with Gasteiger partial charge in [0.15, 0.2) is 0 Å². The second-order valence-electron chi connectivity index (χ2n) is 8.16. The van der Waals surface area contributed by atoms with E-state index in [2.05, 4.69) is 5.32 Å². The summed E-state index contributed by atoms with van der Waals surface area (Å²) >= 11 is 0. The average Bonchev–Trinajstić information content (AvgIpc) is 2.71. The summed E-state index contributed by atoms with van der Waals surface area (Å²) in [6.07, 6.45) is -0.809. The van der Waals surface area contributed by atoms with Gasteiger partial charge in [0.2, 0.25) is 0 Å². The van der Waals surface area contributed by atoms with Crippen molar-refractivity contribution in [3.05, 3.63) is 65.2 Å². The molecule has 0 aliphatic rings. The number of hydrogen-bond donors (Lipinski definition) is 3. The van der Waals surface area contributed by atoms with Crippen molar-refractivity contribution in [2.24, 2.45) is 0 Å². The lowest BCUT2D eigenvalue weighted by Crippen LogP contribution is -2.26. The average molecular weight is 446 g/mol. The first-order valence-corrected chi connectivity index (χ1v) is 10.4. The van der Waals surface area contributed by atoms with Crippen LogP contribution in [-0.2, 0) is 20.7 Å². The number of aliphatic hydroxyl groups is 1. The standard InChI is InChI=1S/C24H31NO7/c1-24(2,3)32-21(26)15-17-6-4-9-20(14-17)31-13-12-30-11-10-25-22(27)18-7-5-8-19(16-18)23(28)29/h4-9,14,16,22,25,27H,10-13,15H2,1-3H3,(H,28,29). The van der Waals surface area contributed by atoms with Gasteiger partial charge in [-0.2, -0.15) is 0 Å². The predicted octanol–water partition coefficient (Wildman–Crippen LogP) is 2.95. The molecule has 2 aromatic carbocycles. The molecule has 0 aliphatic heterocycles. The smallest absolute Gasteiger partial charge is 0.335 e. The van der Waals surface area contributed by atoms with E-state index in [0.717, 1.165) is 5.56 Å². The molecule has 0 aliphatic carbocycles. The Balaban J connectivity index is 1.64. The highest BCUT2D eigenvalue weighted by atomic mass is 16.6. The number of ether oxygens (including phenoxy) is 3. The maximum Gasteiger partial charge on any atom is 0.335 e. The summed E-state index contributed by atoms with van der Waals surface area (Å²) in [7, 11) is 0. The Kier molecular flexibility index (Phi) is 9.64. The van der Waals surface area contributed by atoms with Crippen LogP contribution in [0.3, 0.4) is 0 Å². The molecule has 8 nitrogen and oxygen atoms in total. The molecule has 3 N–H and O–H groups in total. The molecular formula is C24H31NO7. The SMILES string of the molecule is CC(C)(C)OC(=O)Cc1cccc(OCCOCCNC(O)c2cccc(C(=O)O)c2)c1. The number of carboxylic acids is 1. The summed E-state index contributed by atoms with van der Waals surface area (Å²) in [6, 6.07) is 13.4. The number of aromatic carboxylic acids is 1. The zero-order valence-electron chi connectivity index (χ0n) is 18.7. The molecule has 0 radical (unpaired) electrons. The first kappa shape index (κ1) is 25.3. The molecule has 2 rings (SSSR count). The maximum atomic E-state index is 12.0. The fourth-order valence-corrected chi connectivity index (χ4v) is 2.84. The number of nitrogens with one attached hydrogen (secondary N) is 1. The lowest BCUT2D eigenvalue weighted by atomic mass is 10.1. The predicted molar refractivity (Wildman–Crippen MR) is 119 cm³/mol. The highest BCUT2D eigenvalue weighted by Crippen LogP contribution is 2.16. The summed E-state index contributed by atoms with van der Waals surface area (Å²) in [6.45, 7) is 6.90. The van der Waals surface area contributed by atoms with Gasteiger partial charge < -0.3 is 24.4 Å². The van der Waals surface area contributed by atoms with E-state index in [1.807, 2.05) is 39.0 Å². The van der Waals surface area contributed by atoms with Crippen LogP contribution in [0.4, 0.5) is 0 Å². The fraction of sp³-hybridized carbons (Fsp3) is 0.417. The number of benzene rings is 2. The quantitative estimate of drug-likeness (QED) is 0.260. The number of esters is 1. The van der Waals surface area contributed by atoms with Gasteiger partial charge >= 0.3 is 11.9 Å². The molecule has 0 heterocycles. The van der Waals surface area contributed by atoms with Crippen molar-refractivity contribution in [1.82, 2.24) is 5.32 Å². The molecule has 32 heavy (non-hydrogen) atoms. The van der Waals surface area contributed by atoms with Gasteiger partial charge in [-0.1, -0.05) is 24.3 Å². The van der Waals surface area contributed by atoms with Crippen LogP contribution in [0.25, 0.3) is 0 Å². The monoisotopic (exact) mass is 445 g/mol. The third-order valence-corrected chi connectivity index (χ3v) is 4.20. The second kappa shape index (κ2) is 12.2. The van der Waals surface area contributed by atoms with Gasteiger partial charge in [-0.3, -0.25) is 10.1 Å². The van der Waals surface area contributed by atoms with Gasteiger partial charge in [-0.15, -0.1) is 0 Å². The first-order chi connectivity index (χ1) is 15.1. The van der Waals surface area contributed by atoms with E-state index in [0.29, 0.717) is 37.7 Å². The minimum absolute atomic E-state index is 0.118.